The molecule has 3 aliphatic rings. The number of carbonyl (C=O) groups excluding carboxylic acids is 3. The molecule has 0 unspecified atom stereocenters. The van der Waals surface area contributed by atoms with Crippen LogP contribution in [0.4, 0.5) is 15.5 Å². The van der Waals surface area contributed by atoms with Crippen LogP contribution in [0.1, 0.15) is 43.7 Å². The molecule has 2 aromatic rings. The van der Waals surface area contributed by atoms with Crippen LogP contribution in [-0.2, 0) is 31.3 Å². The number of aliphatic hydroxyl groups is 1. The van der Waals surface area contributed by atoms with Crippen molar-refractivity contribution in [3.63, 3.8) is 0 Å². The molecule has 3 aliphatic heterocycles. The number of hydrogen-bond acceptors (Lipinski definition) is 5. The molecule has 230 valence electrons. The number of anilines is 2. The lowest BCUT2D eigenvalue weighted by atomic mass is 9.82. The maximum absolute atomic E-state index is 16.2. The highest BCUT2D eigenvalue weighted by Crippen LogP contribution is 2.60. The van der Waals surface area contributed by atoms with Crippen LogP contribution in [0.2, 0.25) is 18.6 Å². The van der Waals surface area contributed by atoms with Gasteiger partial charge < -0.3 is 28.7 Å². The van der Waals surface area contributed by atoms with Gasteiger partial charge in [0.05, 0.1) is 24.8 Å². The Morgan fingerprint density at radius 1 is 1.21 bits per heavy atom. The van der Waals surface area contributed by atoms with Crippen LogP contribution < -0.4 is 9.80 Å². The molecule has 10 heteroatoms. The van der Waals surface area contributed by atoms with Crippen molar-refractivity contribution >= 4 is 37.5 Å². The molecule has 4 atom stereocenters. The average Bonchev–Trinajstić information content (AvgIpc) is 3.40. The summed E-state index contributed by atoms with van der Waals surface area (Å²) in [4.78, 5) is 45.8. The summed E-state index contributed by atoms with van der Waals surface area (Å²) in [5, 5.41) is 9.73. The number of fused-ring (bicyclic) bond motifs is 2. The fraction of sp³-hybridized carbons (Fsp3) is 0.485. The lowest BCUT2D eigenvalue weighted by Gasteiger charge is -2.32. The highest BCUT2D eigenvalue weighted by Gasteiger charge is 2.67. The standard InChI is InChI=1S/C33H42FN3O5Si/c1-5-16-37-27-15-14-25(36-17-10-9-13-29(36)39)20-26(27)33(32(37)41)23(2)31(43(3,4)34)28(42-33)21-30(40)35(18-19-38)22-24-11-7-6-8-12-24/h5-8,11-12,14-15,20,23,28,31,38H,1,9-10,13,16-19,21-22H2,2-4H3/t23-,28+,31-,33+/m1/s1. The van der Waals surface area contributed by atoms with Crippen LogP contribution in [0.3, 0.4) is 0 Å². The second kappa shape index (κ2) is 12.3. The molecule has 1 N–H and O–H groups in total. The molecule has 0 saturated carbocycles. The fourth-order valence-electron chi connectivity index (χ4n) is 7.31. The Bertz CT molecular complexity index is 1380. The van der Waals surface area contributed by atoms with E-state index < -0.39 is 31.6 Å². The van der Waals surface area contributed by atoms with Crippen molar-refractivity contribution in [2.75, 3.05) is 36.0 Å². The third-order valence-electron chi connectivity index (χ3n) is 9.21. The number of amides is 3. The highest BCUT2D eigenvalue weighted by molar-refractivity contribution is 6.72. The lowest BCUT2D eigenvalue weighted by molar-refractivity contribution is -0.149. The van der Waals surface area contributed by atoms with Gasteiger partial charge >= 0.3 is 0 Å². The Hall–Kier alpha value is -3.34. The Balaban J connectivity index is 1.53. The number of rotatable bonds is 10. The summed E-state index contributed by atoms with van der Waals surface area (Å²) in [6.45, 7) is 9.97. The number of ether oxygens (including phenoxy) is 1. The molecule has 0 aliphatic carbocycles. The monoisotopic (exact) mass is 607 g/mol. The van der Waals surface area contributed by atoms with Gasteiger partial charge in [-0.2, -0.15) is 0 Å². The molecule has 2 saturated heterocycles. The molecule has 0 aromatic heterocycles. The Kier molecular flexibility index (Phi) is 8.92. The van der Waals surface area contributed by atoms with Crippen molar-refractivity contribution in [2.45, 2.75) is 69.5 Å². The summed E-state index contributed by atoms with van der Waals surface area (Å²) in [6, 6.07) is 15.0. The minimum atomic E-state index is -3.49. The Labute approximate surface area is 254 Å². The highest BCUT2D eigenvalue weighted by atomic mass is 28.4. The minimum absolute atomic E-state index is 0.0361. The van der Waals surface area contributed by atoms with E-state index in [2.05, 4.69) is 6.58 Å². The maximum atomic E-state index is 16.2. The predicted molar refractivity (Wildman–Crippen MR) is 167 cm³/mol. The molecule has 8 nitrogen and oxygen atoms in total. The molecule has 5 rings (SSSR count). The smallest absolute Gasteiger partial charge is 0.264 e. The van der Waals surface area contributed by atoms with Gasteiger partial charge in [-0.1, -0.05) is 43.3 Å². The summed E-state index contributed by atoms with van der Waals surface area (Å²) in [7, 11) is -3.49. The van der Waals surface area contributed by atoms with Crippen molar-refractivity contribution in [1.29, 1.82) is 0 Å². The molecular weight excluding hydrogens is 565 g/mol. The van der Waals surface area contributed by atoms with Gasteiger partial charge in [0.2, 0.25) is 20.2 Å². The predicted octanol–water partition coefficient (Wildman–Crippen LogP) is 4.92. The average molecular weight is 608 g/mol. The summed E-state index contributed by atoms with van der Waals surface area (Å²) < 4.78 is 23.0. The van der Waals surface area contributed by atoms with Gasteiger partial charge in [-0.05, 0) is 49.7 Å². The molecule has 0 radical (unpaired) electrons. The van der Waals surface area contributed by atoms with E-state index in [0.717, 1.165) is 18.4 Å². The zero-order valence-corrected chi connectivity index (χ0v) is 26.3. The number of nitrogens with zero attached hydrogens (tertiary/aromatic N) is 3. The summed E-state index contributed by atoms with van der Waals surface area (Å²) >= 11 is 0. The topological polar surface area (TPSA) is 90.4 Å². The van der Waals surface area contributed by atoms with Gasteiger partial charge in [0.1, 0.15) is 0 Å². The van der Waals surface area contributed by atoms with E-state index in [1.807, 2.05) is 55.5 Å². The van der Waals surface area contributed by atoms with Gasteiger partial charge in [0.25, 0.3) is 5.91 Å². The molecule has 0 bridgehead atoms. The fourth-order valence-corrected chi connectivity index (χ4v) is 9.80. The van der Waals surface area contributed by atoms with Crippen molar-refractivity contribution in [2.24, 2.45) is 5.92 Å². The van der Waals surface area contributed by atoms with E-state index in [1.165, 1.54) is 0 Å². The van der Waals surface area contributed by atoms with E-state index in [4.69, 9.17) is 4.74 Å². The first-order chi connectivity index (χ1) is 20.5. The number of halogens is 1. The third kappa shape index (κ3) is 5.68. The number of hydrogen-bond donors (Lipinski definition) is 1. The summed E-state index contributed by atoms with van der Waals surface area (Å²) in [5.74, 6) is -1.09. The SMILES string of the molecule is C=CCN1C(=O)[C@@]2(O[C@@H](CC(=O)N(CCO)Cc3ccccc3)[C@H]([Si](C)(C)F)[C@H]2C)c2cc(N3CCCCC3=O)ccc21. The van der Waals surface area contributed by atoms with Crippen LogP contribution in [0, 0.1) is 5.92 Å². The van der Waals surface area contributed by atoms with Crippen LogP contribution in [0.25, 0.3) is 0 Å². The van der Waals surface area contributed by atoms with E-state index in [9.17, 15) is 19.5 Å². The van der Waals surface area contributed by atoms with Crippen molar-refractivity contribution in [3.8, 4) is 0 Å². The van der Waals surface area contributed by atoms with E-state index in [-0.39, 0.29) is 43.8 Å². The third-order valence-corrected chi connectivity index (χ3v) is 11.7. The van der Waals surface area contributed by atoms with E-state index in [1.54, 1.807) is 33.9 Å². The molecule has 3 heterocycles. The molecule has 43 heavy (non-hydrogen) atoms. The number of benzene rings is 2. The zero-order chi connectivity index (χ0) is 30.9. The van der Waals surface area contributed by atoms with Gasteiger partial charge in [-0.15, -0.1) is 6.58 Å². The normalized spacial score (nSPS) is 25.4. The zero-order valence-electron chi connectivity index (χ0n) is 25.3. The van der Waals surface area contributed by atoms with Crippen molar-refractivity contribution in [1.82, 2.24) is 4.90 Å². The van der Waals surface area contributed by atoms with Crippen LogP contribution in [0.15, 0.2) is 61.2 Å². The second-order valence-electron chi connectivity index (χ2n) is 12.4. The van der Waals surface area contributed by atoms with Crippen LogP contribution in [-0.4, -0.2) is 68.5 Å². The van der Waals surface area contributed by atoms with Crippen LogP contribution in [0.5, 0.6) is 0 Å². The number of aliphatic hydroxyl groups excluding tert-OH is 1. The number of carbonyl (C=O) groups is 3. The lowest BCUT2D eigenvalue weighted by Crippen LogP contribution is -2.45. The minimum Gasteiger partial charge on any atom is -0.395 e. The first-order valence-electron chi connectivity index (χ1n) is 15.2. The van der Waals surface area contributed by atoms with Gasteiger partial charge in [0, 0.05) is 55.3 Å². The summed E-state index contributed by atoms with van der Waals surface area (Å²) in [6.07, 6.45) is 2.90. The van der Waals surface area contributed by atoms with Gasteiger partial charge in [-0.25, -0.2) is 0 Å². The largest absolute Gasteiger partial charge is 0.395 e. The van der Waals surface area contributed by atoms with Gasteiger partial charge in [-0.3, -0.25) is 14.4 Å². The number of piperidine rings is 1. The first kappa shape index (κ1) is 31.1. The molecule has 2 fully saturated rings. The van der Waals surface area contributed by atoms with Crippen molar-refractivity contribution in [3.05, 3.63) is 72.3 Å². The van der Waals surface area contributed by atoms with Crippen LogP contribution >= 0.6 is 0 Å². The molecular formula is C33H42FN3O5Si. The Morgan fingerprint density at radius 3 is 2.60 bits per heavy atom. The van der Waals surface area contributed by atoms with Gasteiger partial charge in [0.15, 0.2) is 5.60 Å². The summed E-state index contributed by atoms with van der Waals surface area (Å²) in [5.41, 5.74) is 0.720. The quantitative estimate of drug-likeness (QED) is 0.235. The van der Waals surface area contributed by atoms with Crippen molar-refractivity contribution < 1.29 is 28.3 Å². The maximum Gasteiger partial charge on any atom is 0.264 e. The Morgan fingerprint density at radius 2 is 1.95 bits per heavy atom. The molecule has 3 amide bonds. The second-order valence-corrected chi connectivity index (χ2v) is 16.2. The van der Waals surface area contributed by atoms with E-state index in [0.29, 0.717) is 36.4 Å². The molecule has 1 spiro atoms. The molecule has 2 aromatic carbocycles. The van der Waals surface area contributed by atoms with E-state index >= 15 is 4.11 Å². The first-order valence-corrected chi connectivity index (χ1v) is 18.2.